The fourth-order valence-corrected chi connectivity index (χ4v) is 2.68. The number of hydrogen-bond donors (Lipinski definition) is 2. The lowest BCUT2D eigenvalue weighted by Gasteiger charge is -2.21. The zero-order chi connectivity index (χ0) is 15.1. The molecule has 21 heavy (non-hydrogen) atoms. The molecule has 1 aromatic carbocycles. The highest BCUT2D eigenvalue weighted by Crippen LogP contribution is 2.26. The molecular weight excluding hydrogens is 268 g/mol. The third-order valence-electron chi connectivity index (χ3n) is 3.81. The average molecular weight is 292 g/mol. The van der Waals surface area contributed by atoms with Gasteiger partial charge in [0.2, 0.25) is 5.91 Å². The second-order valence-electron chi connectivity index (χ2n) is 5.53. The van der Waals surface area contributed by atoms with Gasteiger partial charge in [0.15, 0.2) is 0 Å². The van der Waals surface area contributed by atoms with Gasteiger partial charge in [-0.3, -0.25) is 4.79 Å². The molecule has 1 fully saturated rings. The van der Waals surface area contributed by atoms with Crippen molar-refractivity contribution in [2.45, 2.75) is 32.1 Å². The number of carbonyl (C=O) groups excluding carboxylic acids is 1. The maximum Gasteiger partial charge on any atom is 0.250 e. The molecule has 5 heteroatoms. The van der Waals surface area contributed by atoms with Gasteiger partial charge in [-0.25, -0.2) is 0 Å². The molecule has 0 spiro atoms. The summed E-state index contributed by atoms with van der Waals surface area (Å²) < 4.78 is 10.7. The van der Waals surface area contributed by atoms with Crippen LogP contribution in [0.15, 0.2) is 18.2 Å². The highest BCUT2D eigenvalue weighted by atomic mass is 16.5. The molecule has 0 unspecified atom stereocenters. The summed E-state index contributed by atoms with van der Waals surface area (Å²) >= 11 is 0. The van der Waals surface area contributed by atoms with Gasteiger partial charge in [-0.1, -0.05) is 19.3 Å². The monoisotopic (exact) mass is 292 g/mol. The molecule has 0 atom stereocenters. The molecule has 1 aliphatic rings. The van der Waals surface area contributed by atoms with E-state index in [0.29, 0.717) is 29.6 Å². The van der Waals surface area contributed by atoms with E-state index in [0.717, 1.165) is 0 Å². The summed E-state index contributed by atoms with van der Waals surface area (Å²) in [6.45, 7) is 0.732. The Morgan fingerprint density at radius 2 is 2.10 bits per heavy atom. The predicted molar refractivity (Wildman–Crippen MR) is 83.4 cm³/mol. The minimum Gasteiger partial charge on any atom is -0.495 e. The van der Waals surface area contributed by atoms with Gasteiger partial charge < -0.3 is 20.5 Å². The summed E-state index contributed by atoms with van der Waals surface area (Å²) in [6.07, 6.45) is 6.31. The number of anilines is 2. The quantitative estimate of drug-likeness (QED) is 0.791. The molecule has 1 amide bonds. The first-order chi connectivity index (χ1) is 10.2. The van der Waals surface area contributed by atoms with Crippen LogP contribution in [-0.4, -0.2) is 26.2 Å². The van der Waals surface area contributed by atoms with Gasteiger partial charge in [-0.15, -0.1) is 0 Å². The Morgan fingerprint density at radius 3 is 2.81 bits per heavy atom. The van der Waals surface area contributed by atoms with Crippen LogP contribution in [-0.2, 0) is 9.53 Å². The zero-order valence-electron chi connectivity index (χ0n) is 12.6. The van der Waals surface area contributed by atoms with Crippen molar-refractivity contribution in [1.82, 2.24) is 0 Å². The van der Waals surface area contributed by atoms with Crippen molar-refractivity contribution in [1.29, 1.82) is 0 Å². The number of nitrogens with one attached hydrogen (secondary N) is 1. The number of nitrogen functional groups attached to an aromatic ring is 1. The lowest BCUT2D eigenvalue weighted by atomic mass is 9.90. The van der Waals surface area contributed by atoms with E-state index >= 15 is 0 Å². The number of rotatable bonds is 6. The largest absolute Gasteiger partial charge is 0.495 e. The molecule has 1 saturated carbocycles. The van der Waals surface area contributed by atoms with Crippen molar-refractivity contribution >= 4 is 17.3 Å². The van der Waals surface area contributed by atoms with E-state index in [1.54, 1.807) is 25.3 Å². The maximum atomic E-state index is 11.9. The van der Waals surface area contributed by atoms with Crippen molar-refractivity contribution in [3.8, 4) is 5.75 Å². The van der Waals surface area contributed by atoms with Gasteiger partial charge in [0.25, 0.3) is 0 Å². The first kappa shape index (κ1) is 15.6. The van der Waals surface area contributed by atoms with Crippen molar-refractivity contribution < 1.29 is 14.3 Å². The Labute approximate surface area is 125 Å². The van der Waals surface area contributed by atoms with Crippen LogP contribution in [0.25, 0.3) is 0 Å². The van der Waals surface area contributed by atoms with Gasteiger partial charge in [-0.2, -0.15) is 0 Å². The maximum absolute atomic E-state index is 11.9. The lowest BCUT2D eigenvalue weighted by Crippen LogP contribution is -2.22. The van der Waals surface area contributed by atoms with Crippen LogP contribution in [0.4, 0.5) is 11.4 Å². The minimum atomic E-state index is -0.185. The first-order valence-corrected chi connectivity index (χ1v) is 7.50. The average Bonchev–Trinajstić information content (AvgIpc) is 2.48. The summed E-state index contributed by atoms with van der Waals surface area (Å²) in [4.78, 5) is 11.9. The predicted octanol–water partition coefficient (Wildman–Crippen LogP) is 2.81. The Kier molecular flexibility index (Phi) is 5.87. The van der Waals surface area contributed by atoms with Crippen molar-refractivity contribution in [3.05, 3.63) is 18.2 Å². The highest BCUT2D eigenvalue weighted by molar-refractivity contribution is 5.93. The Hall–Kier alpha value is -1.75. The van der Waals surface area contributed by atoms with Crippen LogP contribution in [0, 0.1) is 5.92 Å². The van der Waals surface area contributed by atoms with Gasteiger partial charge in [0.1, 0.15) is 12.4 Å². The van der Waals surface area contributed by atoms with E-state index in [2.05, 4.69) is 5.32 Å². The van der Waals surface area contributed by atoms with Crippen LogP contribution in [0.5, 0.6) is 5.75 Å². The minimum absolute atomic E-state index is 0.0639. The molecule has 0 heterocycles. The molecular formula is C16H24N2O3. The third kappa shape index (κ3) is 4.93. The summed E-state index contributed by atoms with van der Waals surface area (Å²) in [5, 5.41) is 2.77. The lowest BCUT2D eigenvalue weighted by molar-refractivity contribution is -0.121. The second kappa shape index (κ2) is 7.88. The number of ether oxygens (including phenoxy) is 2. The first-order valence-electron chi connectivity index (χ1n) is 7.50. The smallest absolute Gasteiger partial charge is 0.250 e. The van der Waals surface area contributed by atoms with E-state index < -0.39 is 0 Å². The fourth-order valence-electron chi connectivity index (χ4n) is 2.68. The fraction of sp³-hybridized carbons (Fsp3) is 0.562. The van der Waals surface area contributed by atoms with Crippen LogP contribution >= 0.6 is 0 Å². The Bertz CT molecular complexity index is 471. The van der Waals surface area contributed by atoms with E-state index in [4.69, 9.17) is 15.2 Å². The number of benzene rings is 1. The van der Waals surface area contributed by atoms with Crippen LogP contribution in [0.1, 0.15) is 32.1 Å². The molecule has 0 saturated heterocycles. The summed E-state index contributed by atoms with van der Waals surface area (Å²) in [7, 11) is 1.56. The Balaban J connectivity index is 1.77. The molecule has 2 rings (SSSR count). The summed E-state index contributed by atoms with van der Waals surface area (Å²) in [6, 6.07) is 5.14. The molecule has 5 nitrogen and oxygen atoms in total. The standard InChI is InChI=1S/C16H24N2O3/c1-20-15-8-7-13(17)9-14(15)18-16(19)11-21-10-12-5-3-2-4-6-12/h7-9,12H,2-6,10-11,17H2,1H3,(H,18,19). The molecule has 3 N–H and O–H groups in total. The zero-order valence-corrected chi connectivity index (χ0v) is 12.6. The molecule has 0 aromatic heterocycles. The third-order valence-corrected chi connectivity index (χ3v) is 3.81. The summed E-state index contributed by atoms with van der Waals surface area (Å²) in [5.41, 5.74) is 6.87. The topological polar surface area (TPSA) is 73.6 Å². The summed E-state index contributed by atoms with van der Waals surface area (Å²) in [5.74, 6) is 1.01. The van der Waals surface area contributed by atoms with E-state index in [9.17, 15) is 4.79 Å². The molecule has 116 valence electrons. The molecule has 0 radical (unpaired) electrons. The number of methoxy groups -OCH3 is 1. The number of amides is 1. The normalized spacial score (nSPS) is 15.7. The second-order valence-corrected chi connectivity index (χ2v) is 5.53. The molecule has 1 aliphatic carbocycles. The van der Waals surface area contributed by atoms with Gasteiger partial charge >= 0.3 is 0 Å². The van der Waals surface area contributed by atoms with E-state index in [1.807, 2.05) is 0 Å². The Morgan fingerprint density at radius 1 is 1.33 bits per heavy atom. The SMILES string of the molecule is COc1ccc(N)cc1NC(=O)COCC1CCCCC1. The van der Waals surface area contributed by atoms with Crippen LogP contribution < -0.4 is 15.8 Å². The van der Waals surface area contributed by atoms with Gasteiger partial charge in [0, 0.05) is 5.69 Å². The van der Waals surface area contributed by atoms with Gasteiger partial charge in [-0.05, 0) is 37.0 Å². The number of hydrogen-bond acceptors (Lipinski definition) is 4. The highest BCUT2D eigenvalue weighted by Gasteiger charge is 2.14. The number of carbonyl (C=O) groups is 1. The van der Waals surface area contributed by atoms with E-state index in [1.165, 1.54) is 32.1 Å². The number of nitrogens with two attached hydrogens (primary N) is 1. The van der Waals surface area contributed by atoms with Crippen molar-refractivity contribution in [3.63, 3.8) is 0 Å². The van der Waals surface area contributed by atoms with Gasteiger partial charge in [0.05, 0.1) is 19.4 Å². The molecule has 0 bridgehead atoms. The van der Waals surface area contributed by atoms with Crippen LogP contribution in [0.2, 0.25) is 0 Å². The van der Waals surface area contributed by atoms with Crippen LogP contribution in [0.3, 0.4) is 0 Å². The van der Waals surface area contributed by atoms with Crippen molar-refractivity contribution in [2.24, 2.45) is 5.92 Å². The molecule has 0 aliphatic heterocycles. The van der Waals surface area contributed by atoms with E-state index in [-0.39, 0.29) is 12.5 Å². The van der Waals surface area contributed by atoms with Crippen molar-refractivity contribution in [2.75, 3.05) is 31.4 Å². The molecule has 1 aromatic rings.